The second kappa shape index (κ2) is 8.77. The van der Waals surface area contributed by atoms with Gasteiger partial charge in [0.05, 0.1) is 5.92 Å². The van der Waals surface area contributed by atoms with Crippen LogP contribution in [0.4, 0.5) is 0 Å². The molecule has 0 bridgehead atoms. The summed E-state index contributed by atoms with van der Waals surface area (Å²) in [5.41, 5.74) is 6.35. The van der Waals surface area contributed by atoms with E-state index >= 15 is 0 Å². The second-order valence-corrected chi connectivity index (χ2v) is 7.28. The molecular weight excluding hydrogens is 384 g/mol. The minimum atomic E-state index is -0.403. The first kappa shape index (κ1) is 19.6. The first-order valence-electron chi connectivity index (χ1n) is 9.75. The van der Waals surface area contributed by atoms with Crippen molar-refractivity contribution >= 4 is 11.8 Å². The van der Waals surface area contributed by atoms with Crippen LogP contribution in [0.1, 0.15) is 24.7 Å². The molecule has 3 unspecified atom stereocenters. The molecule has 3 N–H and O–H groups in total. The van der Waals surface area contributed by atoms with Crippen molar-refractivity contribution in [2.45, 2.75) is 24.8 Å². The average Bonchev–Trinajstić information content (AvgIpc) is 3.41. The van der Waals surface area contributed by atoms with Gasteiger partial charge in [-0.15, -0.1) is 0 Å². The Bertz CT molecular complexity index is 1010. The number of nitrogens with one attached hydrogen (secondary N) is 1. The predicted octanol–water partition coefficient (Wildman–Crippen LogP) is 2.28. The van der Waals surface area contributed by atoms with Crippen LogP contribution in [0, 0.1) is 5.92 Å². The minimum absolute atomic E-state index is 0.131. The van der Waals surface area contributed by atoms with Gasteiger partial charge in [-0.25, -0.2) is 0 Å². The van der Waals surface area contributed by atoms with Crippen LogP contribution < -0.4 is 15.8 Å². The van der Waals surface area contributed by atoms with Crippen molar-refractivity contribution in [2.75, 3.05) is 6.61 Å². The molecule has 1 aromatic heterocycles. The molecule has 8 nitrogen and oxygen atoms in total. The lowest BCUT2D eigenvalue weighted by molar-refractivity contribution is -0.124. The molecule has 3 atom stereocenters. The van der Waals surface area contributed by atoms with Crippen LogP contribution in [0.2, 0.25) is 0 Å². The maximum absolute atomic E-state index is 12.4. The van der Waals surface area contributed by atoms with Crippen LogP contribution in [0.15, 0.2) is 65.2 Å². The lowest BCUT2D eigenvalue weighted by atomic mass is 10.0. The zero-order valence-electron chi connectivity index (χ0n) is 16.2. The minimum Gasteiger partial charge on any atom is -0.484 e. The molecule has 1 aliphatic carbocycles. The number of aromatic nitrogens is 2. The van der Waals surface area contributed by atoms with Crippen LogP contribution in [-0.4, -0.2) is 34.6 Å². The van der Waals surface area contributed by atoms with Gasteiger partial charge in [-0.05, 0) is 25.0 Å². The fourth-order valence-corrected chi connectivity index (χ4v) is 3.71. The third kappa shape index (κ3) is 4.48. The third-order valence-corrected chi connectivity index (χ3v) is 5.22. The smallest absolute Gasteiger partial charge is 0.258 e. The maximum atomic E-state index is 12.4. The molecule has 0 saturated heterocycles. The largest absolute Gasteiger partial charge is 0.484 e. The number of hydrogen-bond acceptors (Lipinski definition) is 6. The van der Waals surface area contributed by atoms with E-state index in [9.17, 15) is 9.59 Å². The van der Waals surface area contributed by atoms with Crippen molar-refractivity contribution in [3.8, 4) is 17.1 Å². The average molecular weight is 406 g/mol. The molecule has 0 spiro atoms. The number of nitrogens with zero attached hydrogens (tertiary/aromatic N) is 2. The molecule has 30 heavy (non-hydrogen) atoms. The molecule has 1 heterocycles. The van der Waals surface area contributed by atoms with Crippen LogP contribution >= 0.6 is 0 Å². The highest BCUT2D eigenvalue weighted by Gasteiger charge is 2.41. The number of carbonyl (C=O) groups is 2. The Kier molecular flexibility index (Phi) is 5.74. The van der Waals surface area contributed by atoms with Gasteiger partial charge in [-0.2, -0.15) is 4.98 Å². The summed E-state index contributed by atoms with van der Waals surface area (Å²) < 4.78 is 11.0. The molecule has 8 heteroatoms. The normalized spacial score (nSPS) is 20.6. The number of primary amides is 1. The molecule has 1 aliphatic rings. The first-order valence-corrected chi connectivity index (χ1v) is 9.75. The summed E-state index contributed by atoms with van der Waals surface area (Å²) in [6.07, 6.45) is 0.858. The molecule has 2 aromatic carbocycles. The second-order valence-electron chi connectivity index (χ2n) is 7.28. The Morgan fingerprint density at radius 1 is 1.07 bits per heavy atom. The van der Waals surface area contributed by atoms with Gasteiger partial charge in [0.2, 0.25) is 17.6 Å². The van der Waals surface area contributed by atoms with Gasteiger partial charge >= 0.3 is 0 Å². The summed E-state index contributed by atoms with van der Waals surface area (Å²) in [6, 6.07) is 18.2. The fraction of sp³-hybridized carbons (Fsp3) is 0.273. The quantitative estimate of drug-likeness (QED) is 0.621. The number of rotatable bonds is 7. The van der Waals surface area contributed by atoms with E-state index in [2.05, 4.69) is 15.5 Å². The van der Waals surface area contributed by atoms with Crippen molar-refractivity contribution in [1.82, 2.24) is 15.5 Å². The standard InChI is InChI=1S/C22H22N4O4/c23-20(28)15-11-17(22-25-21(26-30-22)14-7-3-1-4-8-14)18(12-15)24-19(27)13-29-16-9-5-2-6-10-16/h1-10,15,17-18H,11-13H2,(H2,23,28)(H,24,27). The van der Waals surface area contributed by atoms with Gasteiger partial charge in [-0.3, -0.25) is 9.59 Å². The molecule has 0 aliphatic heterocycles. The van der Waals surface area contributed by atoms with Gasteiger partial charge in [-0.1, -0.05) is 53.7 Å². The molecule has 1 fully saturated rings. The Labute approximate surface area is 173 Å². The lowest BCUT2D eigenvalue weighted by Crippen LogP contribution is -2.39. The topological polar surface area (TPSA) is 120 Å². The van der Waals surface area contributed by atoms with Crippen molar-refractivity contribution < 1.29 is 18.8 Å². The molecule has 3 aromatic rings. The van der Waals surface area contributed by atoms with E-state index in [-0.39, 0.29) is 30.4 Å². The van der Waals surface area contributed by atoms with E-state index in [0.717, 1.165) is 5.56 Å². The third-order valence-electron chi connectivity index (χ3n) is 5.22. The summed E-state index contributed by atoms with van der Waals surface area (Å²) >= 11 is 0. The highest BCUT2D eigenvalue weighted by Crippen LogP contribution is 2.38. The SMILES string of the molecule is NC(=O)C1CC(NC(=O)COc2ccccc2)C(c2nc(-c3ccccc3)no2)C1. The Morgan fingerprint density at radius 3 is 2.47 bits per heavy atom. The highest BCUT2D eigenvalue weighted by atomic mass is 16.5. The highest BCUT2D eigenvalue weighted by molar-refractivity contribution is 5.79. The van der Waals surface area contributed by atoms with E-state index in [4.69, 9.17) is 15.0 Å². The Morgan fingerprint density at radius 2 is 1.77 bits per heavy atom. The molecule has 4 rings (SSSR count). The van der Waals surface area contributed by atoms with Crippen molar-refractivity contribution in [3.63, 3.8) is 0 Å². The summed E-state index contributed by atoms with van der Waals surface area (Å²) in [6.45, 7) is -0.131. The number of para-hydroxylation sites is 1. The van der Waals surface area contributed by atoms with E-state index in [1.54, 1.807) is 12.1 Å². The summed E-state index contributed by atoms with van der Waals surface area (Å²) in [4.78, 5) is 28.7. The fourth-order valence-electron chi connectivity index (χ4n) is 3.71. The first-order chi connectivity index (χ1) is 14.6. The van der Waals surface area contributed by atoms with E-state index < -0.39 is 5.91 Å². The van der Waals surface area contributed by atoms with Crippen LogP contribution in [0.25, 0.3) is 11.4 Å². The molecule has 0 radical (unpaired) electrons. The zero-order chi connectivity index (χ0) is 20.9. The number of benzene rings is 2. The zero-order valence-corrected chi connectivity index (χ0v) is 16.2. The van der Waals surface area contributed by atoms with Crippen molar-refractivity contribution in [3.05, 3.63) is 66.6 Å². The molecule has 2 amide bonds. The summed E-state index contributed by atoms with van der Waals surface area (Å²) in [5, 5.41) is 6.98. The van der Waals surface area contributed by atoms with Gasteiger partial charge < -0.3 is 20.3 Å². The number of carbonyl (C=O) groups excluding carboxylic acids is 2. The van der Waals surface area contributed by atoms with Crippen LogP contribution in [-0.2, 0) is 9.59 Å². The Balaban J connectivity index is 1.46. The van der Waals surface area contributed by atoms with E-state index in [0.29, 0.717) is 30.3 Å². The molecule has 1 saturated carbocycles. The number of ether oxygens (including phenoxy) is 1. The van der Waals surface area contributed by atoms with Crippen LogP contribution in [0.5, 0.6) is 5.75 Å². The number of hydrogen-bond donors (Lipinski definition) is 2. The predicted molar refractivity (Wildman–Crippen MR) is 108 cm³/mol. The van der Waals surface area contributed by atoms with Gasteiger partial charge in [0.15, 0.2) is 6.61 Å². The monoisotopic (exact) mass is 406 g/mol. The van der Waals surface area contributed by atoms with Gasteiger partial charge in [0, 0.05) is 17.5 Å². The van der Waals surface area contributed by atoms with E-state index in [1.165, 1.54) is 0 Å². The number of nitrogens with two attached hydrogens (primary N) is 1. The van der Waals surface area contributed by atoms with Gasteiger partial charge in [0.1, 0.15) is 5.75 Å². The number of amides is 2. The van der Waals surface area contributed by atoms with Crippen molar-refractivity contribution in [2.24, 2.45) is 11.7 Å². The van der Waals surface area contributed by atoms with Gasteiger partial charge in [0.25, 0.3) is 5.91 Å². The summed E-state index contributed by atoms with van der Waals surface area (Å²) in [7, 11) is 0. The summed E-state index contributed by atoms with van der Waals surface area (Å²) in [5.74, 6) is 0.0879. The molecule has 154 valence electrons. The lowest BCUT2D eigenvalue weighted by Gasteiger charge is -2.18. The maximum Gasteiger partial charge on any atom is 0.258 e. The van der Waals surface area contributed by atoms with E-state index in [1.807, 2.05) is 48.5 Å². The van der Waals surface area contributed by atoms with Crippen LogP contribution in [0.3, 0.4) is 0 Å². The molecular formula is C22H22N4O4. The Hall–Kier alpha value is -3.68. The van der Waals surface area contributed by atoms with Crippen molar-refractivity contribution in [1.29, 1.82) is 0 Å².